The summed E-state index contributed by atoms with van der Waals surface area (Å²) in [5.74, 6) is 1.03. The zero-order chi connectivity index (χ0) is 18.4. The zero-order valence-electron chi connectivity index (χ0n) is 14.4. The molecule has 1 aliphatic heterocycles. The Hall–Kier alpha value is -2.54. The van der Waals surface area contributed by atoms with E-state index in [1.165, 1.54) is 0 Å². The van der Waals surface area contributed by atoms with Gasteiger partial charge in [-0.1, -0.05) is 18.2 Å². The number of hydrogen-bond donors (Lipinski definition) is 2. The average Bonchev–Trinajstić information content (AvgIpc) is 2.96. The van der Waals surface area contributed by atoms with Crippen LogP contribution in [-0.2, 0) is 14.6 Å². The monoisotopic (exact) mass is 374 g/mol. The van der Waals surface area contributed by atoms with Gasteiger partial charge in [-0.2, -0.15) is 0 Å². The van der Waals surface area contributed by atoms with Gasteiger partial charge in [-0.25, -0.2) is 8.42 Å². The van der Waals surface area contributed by atoms with Crippen molar-refractivity contribution in [1.82, 2.24) is 0 Å². The van der Waals surface area contributed by atoms with Crippen LogP contribution in [-0.4, -0.2) is 38.5 Å². The van der Waals surface area contributed by atoms with Crippen LogP contribution in [0.5, 0.6) is 5.75 Å². The third-order valence-electron chi connectivity index (χ3n) is 4.11. The van der Waals surface area contributed by atoms with Crippen LogP contribution in [0, 0.1) is 0 Å². The molecule has 2 aromatic carbocycles. The van der Waals surface area contributed by atoms with Gasteiger partial charge in [0, 0.05) is 17.4 Å². The molecule has 0 aliphatic carbocycles. The maximum absolute atomic E-state index is 12.0. The summed E-state index contributed by atoms with van der Waals surface area (Å²) in [6.45, 7) is 0.311. The van der Waals surface area contributed by atoms with Crippen LogP contribution in [0.15, 0.2) is 54.6 Å². The molecule has 6 nitrogen and oxygen atoms in total. The Balaban J connectivity index is 1.43. The molecule has 1 atom stereocenters. The third kappa shape index (κ3) is 5.49. The number of hydrogen-bond acceptors (Lipinski definition) is 5. The molecule has 1 unspecified atom stereocenters. The van der Waals surface area contributed by atoms with Gasteiger partial charge in [0.1, 0.15) is 5.75 Å². The van der Waals surface area contributed by atoms with Crippen molar-refractivity contribution in [1.29, 1.82) is 0 Å². The Bertz CT molecular complexity index is 836. The number of anilines is 2. The highest BCUT2D eigenvalue weighted by atomic mass is 32.2. The van der Waals surface area contributed by atoms with E-state index in [9.17, 15) is 13.2 Å². The van der Waals surface area contributed by atoms with Crippen molar-refractivity contribution in [2.24, 2.45) is 0 Å². The van der Waals surface area contributed by atoms with Crippen molar-refractivity contribution >= 4 is 27.1 Å². The van der Waals surface area contributed by atoms with Gasteiger partial charge in [-0.05, 0) is 42.8 Å². The summed E-state index contributed by atoms with van der Waals surface area (Å²) in [4.78, 5) is 12.0. The molecule has 0 spiro atoms. The maximum Gasteiger partial charge on any atom is 0.227 e. The highest BCUT2D eigenvalue weighted by Crippen LogP contribution is 2.19. The quantitative estimate of drug-likeness (QED) is 0.778. The SMILES string of the molecule is O=C(CCOc1ccccc1)Nc1ccc(NC2CCS(=O)(=O)C2)cc1. The Morgan fingerprint density at radius 2 is 1.73 bits per heavy atom. The van der Waals surface area contributed by atoms with Crippen LogP contribution in [0.2, 0.25) is 0 Å². The summed E-state index contributed by atoms with van der Waals surface area (Å²) in [7, 11) is -2.90. The minimum Gasteiger partial charge on any atom is -0.493 e. The standard InChI is InChI=1S/C19H22N2O4S/c22-19(10-12-25-18-4-2-1-3-5-18)21-16-8-6-15(7-9-16)20-17-11-13-26(23,24)14-17/h1-9,17,20H,10-14H2,(H,21,22). The molecule has 0 bridgehead atoms. The van der Waals surface area contributed by atoms with Crippen molar-refractivity contribution in [3.8, 4) is 5.75 Å². The molecule has 3 rings (SSSR count). The third-order valence-corrected chi connectivity index (χ3v) is 5.88. The second-order valence-corrected chi connectivity index (χ2v) is 8.51. The summed E-state index contributed by atoms with van der Waals surface area (Å²) in [5.41, 5.74) is 1.54. The van der Waals surface area contributed by atoms with Crippen LogP contribution < -0.4 is 15.4 Å². The van der Waals surface area contributed by atoms with Gasteiger partial charge in [0.15, 0.2) is 9.84 Å². The number of amides is 1. The second-order valence-electron chi connectivity index (χ2n) is 6.28. The van der Waals surface area contributed by atoms with Crippen molar-refractivity contribution in [3.63, 3.8) is 0 Å². The Kier molecular flexibility index (Phi) is 5.78. The predicted octanol–water partition coefficient (Wildman–Crippen LogP) is 2.69. The molecule has 0 aromatic heterocycles. The molecule has 0 radical (unpaired) electrons. The van der Waals surface area contributed by atoms with E-state index in [1.807, 2.05) is 42.5 Å². The fraction of sp³-hybridized carbons (Fsp3) is 0.316. The first-order chi connectivity index (χ1) is 12.5. The number of carbonyl (C=O) groups excluding carboxylic acids is 1. The smallest absolute Gasteiger partial charge is 0.227 e. The first kappa shape index (κ1) is 18.3. The van der Waals surface area contributed by atoms with Crippen molar-refractivity contribution in [2.75, 3.05) is 28.7 Å². The van der Waals surface area contributed by atoms with Crippen LogP contribution in [0.25, 0.3) is 0 Å². The molecule has 26 heavy (non-hydrogen) atoms. The highest BCUT2D eigenvalue weighted by Gasteiger charge is 2.27. The largest absolute Gasteiger partial charge is 0.493 e. The molecule has 1 amide bonds. The van der Waals surface area contributed by atoms with E-state index in [2.05, 4.69) is 10.6 Å². The number of rotatable bonds is 7. The van der Waals surface area contributed by atoms with E-state index in [4.69, 9.17) is 4.74 Å². The average molecular weight is 374 g/mol. The second kappa shape index (κ2) is 8.23. The summed E-state index contributed by atoms with van der Waals surface area (Å²) in [6.07, 6.45) is 0.886. The van der Waals surface area contributed by atoms with E-state index in [1.54, 1.807) is 12.1 Å². The van der Waals surface area contributed by atoms with E-state index in [-0.39, 0.29) is 29.9 Å². The van der Waals surface area contributed by atoms with Crippen LogP contribution in [0.4, 0.5) is 11.4 Å². The fourth-order valence-electron chi connectivity index (χ4n) is 2.80. The van der Waals surface area contributed by atoms with E-state index < -0.39 is 9.84 Å². The molecule has 2 N–H and O–H groups in total. The van der Waals surface area contributed by atoms with Crippen LogP contribution in [0.1, 0.15) is 12.8 Å². The lowest BCUT2D eigenvalue weighted by atomic mass is 10.2. The van der Waals surface area contributed by atoms with Crippen LogP contribution >= 0.6 is 0 Å². The molecule has 138 valence electrons. The van der Waals surface area contributed by atoms with E-state index in [0.717, 1.165) is 11.4 Å². The van der Waals surface area contributed by atoms with Gasteiger partial charge < -0.3 is 15.4 Å². The number of ether oxygens (including phenoxy) is 1. The lowest BCUT2D eigenvalue weighted by Crippen LogP contribution is -2.20. The van der Waals surface area contributed by atoms with Gasteiger partial charge >= 0.3 is 0 Å². The predicted molar refractivity (Wildman–Crippen MR) is 102 cm³/mol. The number of carbonyl (C=O) groups is 1. The number of benzene rings is 2. The Morgan fingerprint density at radius 3 is 2.38 bits per heavy atom. The van der Waals surface area contributed by atoms with Crippen molar-refractivity contribution in [2.45, 2.75) is 18.9 Å². The van der Waals surface area contributed by atoms with Crippen LogP contribution in [0.3, 0.4) is 0 Å². The Labute approximate surface area is 153 Å². The molecule has 1 fully saturated rings. The van der Waals surface area contributed by atoms with Gasteiger partial charge in [0.05, 0.1) is 24.5 Å². The summed E-state index contributed by atoms with van der Waals surface area (Å²) in [5, 5.41) is 6.04. The normalized spacial score (nSPS) is 18.2. The molecule has 0 saturated carbocycles. The van der Waals surface area contributed by atoms with Gasteiger partial charge in [-0.15, -0.1) is 0 Å². The molecule has 7 heteroatoms. The van der Waals surface area contributed by atoms with E-state index in [0.29, 0.717) is 18.7 Å². The summed E-state index contributed by atoms with van der Waals surface area (Å²) >= 11 is 0. The number of para-hydroxylation sites is 1. The molecular formula is C19H22N2O4S. The van der Waals surface area contributed by atoms with Gasteiger partial charge in [-0.3, -0.25) is 4.79 Å². The molecule has 2 aromatic rings. The lowest BCUT2D eigenvalue weighted by molar-refractivity contribution is -0.116. The lowest BCUT2D eigenvalue weighted by Gasteiger charge is -2.13. The maximum atomic E-state index is 12.0. The fourth-order valence-corrected chi connectivity index (χ4v) is 4.47. The highest BCUT2D eigenvalue weighted by molar-refractivity contribution is 7.91. The van der Waals surface area contributed by atoms with E-state index >= 15 is 0 Å². The topological polar surface area (TPSA) is 84.5 Å². The van der Waals surface area contributed by atoms with Crippen molar-refractivity contribution in [3.05, 3.63) is 54.6 Å². The first-order valence-electron chi connectivity index (χ1n) is 8.55. The molecule has 1 heterocycles. The summed E-state index contributed by atoms with van der Waals surface area (Å²) < 4.78 is 28.5. The van der Waals surface area contributed by atoms with Gasteiger partial charge in [0.2, 0.25) is 5.91 Å². The van der Waals surface area contributed by atoms with Crippen molar-refractivity contribution < 1.29 is 17.9 Å². The number of sulfone groups is 1. The summed E-state index contributed by atoms with van der Waals surface area (Å²) in [6, 6.07) is 16.6. The molecule has 1 aliphatic rings. The van der Waals surface area contributed by atoms with Gasteiger partial charge in [0.25, 0.3) is 0 Å². The molecule has 1 saturated heterocycles. The molecular weight excluding hydrogens is 352 g/mol. The first-order valence-corrected chi connectivity index (χ1v) is 10.4. The Morgan fingerprint density at radius 1 is 1.04 bits per heavy atom. The minimum absolute atomic E-state index is 0.0458. The zero-order valence-corrected chi connectivity index (χ0v) is 15.2. The number of nitrogens with one attached hydrogen (secondary N) is 2. The minimum atomic E-state index is -2.90.